The Labute approximate surface area is 124 Å². The van der Waals surface area contributed by atoms with Gasteiger partial charge in [0, 0.05) is 11.6 Å². The normalized spacial score (nSPS) is 11.6. The van der Waals surface area contributed by atoms with Crippen molar-refractivity contribution in [2.24, 2.45) is 0 Å². The number of nitrogens with zero attached hydrogens (tertiary/aromatic N) is 2. The van der Waals surface area contributed by atoms with Gasteiger partial charge in [0.1, 0.15) is 5.82 Å². The minimum Gasteiger partial charge on any atom is -0.384 e. The monoisotopic (exact) mass is 303 g/mol. The van der Waals surface area contributed by atoms with Crippen LogP contribution in [0, 0.1) is 0 Å². The van der Waals surface area contributed by atoms with E-state index < -0.39 is 11.7 Å². The third-order valence-electron chi connectivity index (χ3n) is 3.22. The first-order chi connectivity index (χ1) is 10.4. The fourth-order valence-electron chi connectivity index (χ4n) is 2.17. The van der Waals surface area contributed by atoms with Gasteiger partial charge in [0.05, 0.1) is 16.9 Å². The SMILES string of the molecule is Nc1cc(-c2cccc(C(F)(F)F)c2)nn1-c1ccccc1. The summed E-state index contributed by atoms with van der Waals surface area (Å²) < 4.78 is 39.8. The van der Waals surface area contributed by atoms with E-state index in [0.717, 1.165) is 17.8 Å². The van der Waals surface area contributed by atoms with Gasteiger partial charge >= 0.3 is 6.18 Å². The molecule has 0 atom stereocenters. The lowest BCUT2D eigenvalue weighted by Gasteiger charge is -2.07. The van der Waals surface area contributed by atoms with Gasteiger partial charge in [-0.25, -0.2) is 4.68 Å². The van der Waals surface area contributed by atoms with Crippen molar-refractivity contribution < 1.29 is 13.2 Å². The first kappa shape index (κ1) is 14.2. The molecule has 3 aromatic rings. The van der Waals surface area contributed by atoms with Gasteiger partial charge in [-0.15, -0.1) is 0 Å². The molecular weight excluding hydrogens is 291 g/mol. The maximum Gasteiger partial charge on any atom is 0.416 e. The number of hydrogen-bond donors (Lipinski definition) is 1. The van der Waals surface area contributed by atoms with E-state index in [1.54, 1.807) is 12.1 Å². The molecule has 3 rings (SSSR count). The van der Waals surface area contributed by atoms with E-state index in [1.165, 1.54) is 10.7 Å². The second kappa shape index (κ2) is 5.22. The number of alkyl halides is 3. The Hall–Kier alpha value is -2.76. The quantitative estimate of drug-likeness (QED) is 0.773. The highest BCUT2D eigenvalue weighted by Gasteiger charge is 2.30. The molecule has 0 aliphatic heterocycles. The number of hydrogen-bond acceptors (Lipinski definition) is 2. The summed E-state index contributed by atoms with van der Waals surface area (Å²) >= 11 is 0. The van der Waals surface area contributed by atoms with Gasteiger partial charge in [-0.1, -0.05) is 30.3 Å². The number of halogens is 3. The van der Waals surface area contributed by atoms with Gasteiger partial charge in [-0.2, -0.15) is 18.3 Å². The second-order valence-corrected chi connectivity index (χ2v) is 4.78. The molecule has 2 aromatic carbocycles. The van der Waals surface area contributed by atoms with Crippen molar-refractivity contribution in [3.05, 3.63) is 66.2 Å². The Balaban J connectivity index is 2.04. The highest BCUT2D eigenvalue weighted by molar-refractivity contribution is 5.64. The molecule has 22 heavy (non-hydrogen) atoms. The van der Waals surface area contributed by atoms with E-state index in [1.807, 2.05) is 30.3 Å². The van der Waals surface area contributed by atoms with Crippen LogP contribution < -0.4 is 5.73 Å². The van der Waals surface area contributed by atoms with Crippen molar-refractivity contribution in [2.45, 2.75) is 6.18 Å². The number of rotatable bonds is 2. The molecule has 0 saturated carbocycles. The number of nitrogen functional groups attached to an aromatic ring is 1. The molecule has 0 spiro atoms. The van der Waals surface area contributed by atoms with Gasteiger partial charge < -0.3 is 5.73 Å². The van der Waals surface area contributed by atoms with Gasteiger partial charge in [-0.3, -0.25) is 0 Å². The zero-order valence-corrected chi connectivity index (χ0v) is 11.4. The second-order valence-electron chi connectivity index (χ2n) is 4.78. The lowest BCUT2D eigenvalue weighted by Crippen LogP contribution is -2.04. The van der Waals surface area contributed by atoms with E-state index in [9.17, 15) is 13.2 Å². The fourth-order valence-corrected chi connectivity index (χ4v) is 2.17. The topological polar surface area (TPSA) is 43.8 Å². The number of benzene rings is 2. The Morgan fingerprint density at radius 1 is 0.909 bits per heavy atom. The van der Waals surface area contributed by atoms with Crippen LogP contribution in [0.2, 0.25) is 0 Å². The Kier molecular flexibility index (Phi) is 3.36. The van der Waals surface area contributed by atoms with Crippen LogP contribution in [0.3, 0.4) is 0 Å². The van der Waals surface area contributed by atoms with Crippen LogP contribution in [0.15, 0.2) is 60.7 Å². The highest BCUT2D eigenvalue weighted by Crippen LogP contribution is 2.32. The van der Waals surface area contributed by atoms with Crippen molar-refractivity contribution in [2.75, 3.05) is 5.73 Å². The van der Waals surface area contributed by atoms with Crippen LogP contribution in [0.25, 0.3) is 16.9 Å². The summed E-state index contributed by atoms with van der Waals surface area (Å²) in [6, 6.07) is 15.7. The molecule has 3 nitrogen and oxygen atoms in total. The lowest BCUT2D eigenvalue weighted by atomic mass is 10.1. The molecule has 1 aromatic heterocycles. The molecule has 0 radical (unpaired) electrons. The fraction of sp³-hybridized carbons (Fsp3) is 0.0625. The molecule has 0 fully saturated rings. The maximum absolute atomic E-state index is 12.8. The van der Waals surface area contributed by atoms with E-state index in [4.69, 9.17) is 5.73 Å². The van der Waals surface area contributed by atoms with Gasteiger partial charge in [0.15, 0.2) is 0 Å². The molecule has 0 aliphatic carbocycles. The van der Waals surface area contributed by atoms with Crippen LogP contribution in [0.1, 0.15) is 5.56 Å². The molecule has 2 N–H and O–H groups in total. The highest BCUT2D eigenvalue weighted by atomic mass is 19.4. The van der Waals surface area contributed by atoms with Gasteiger partial charge in [-0.05, 0) is 24.3 Å². The predicted molar refractivity (Wildman–Crippen MR) is 78.4 cm³/mol. The molecule has 0 saturated heterocycles. The molecule has 0 unspecified atom stereocenters. The van der Waals surface area contributed by atoms with Crippen molar-refractivity contribution >= 4 is 5.82 Å². The van der Waals surface area contributed by atoms with E-state index in [2.05, 4.69) is 5.10 Å². The molecule has 0 aliphatic rings. The van der Waals surface area contributed by atoms with Crippen LogP contribution >= 0.6 is 0 Å². The third kappa shape index (κ3) is 2.67. The van der Waals surface area contributed by atoms with E-state index >= 15 is 0 Å². The molecule has 1 heterocycles. The van der Waals surface area contributed by atoms with E-state index in [-0.39, 0.29) is 0 Å². The average molecular weight is 303 g/mol. The predicted octanol–water partition coefficient (Wildman–Crippen LogP) is 4.14. The number of para-hydroxylation sites is 1. The smallest absolute Gasteiger partial charge is 0.384 e. The summed E-state index contributed by atoms with van der Waals surface area (Å²) in [4.78, 5) is 0. The largest absolute Gasteiger partial charge is 0.416 e. The van der Waals surface area contributed by atoms with Crippen LogP contribution in [-0.4, -0.2) is 9.78 Å². The average Bonchev–Trinajstić information content (AvgIpc) is 2.89. The summed E-state index contributed by atoms with van der Waals surface area (Å²) in [5, 5.41) is 4.30. The third-order valence-corrected chi connectivity index (χ3v) is 3.22. The Morgan fingerprint density at radius 3 is 2.32 bits per heavy atom. The van der Waals surface area contributed by atoms with Gasteiger partial charge in [0.2, 0.25) is 0 Å². The Morgan fingerprint density at radius 2 is 1.64 bits per heavy atom. The number of aromatic nitrogens is 2. The lowest BCUT2D eigenvalue weighted by molar-refractivity contribution is -0.137. The summed E-state index contributed by atoms with van der Waals surface area (Å²) in [5.74, 6) is 0.360. The van der Waals surface area contributed by atoms with Crippen molar-refractivity contribution in [1.82, 2.24) is 9.78 Å². The first-order valence-electron chi connectivity index (χ1n) is 6.54. The minimum absolute atomic E-state index is 0.360. The van der Waals surface area contributed by atoms with Crippen LogP contribution in [0.5, 0.6) is 0 Å². The Bertz CT molecular complexity index is 792. The molecule has 6 heteroatoms. The van der Waals surface area contributed by atoms with Crippen molar-refractivity contribution in [3.8, 4) is 16.9 Å². The molecule has 0 amide bonds. The summed E-state index contributed by atoms with van der Waals surface area (Å²) in [6.45, 7) is 0. The first-order valence-corrected chi connectivity index (χ1v) is 6.54. The van der Waals surface area contributed by atoms with Gasteiger partial charge in [0.25, 0.3) is 0 Å². The zero-order valence-electron chi connectivity index (χ0n) is 11.4. The van der Waals surface area contributed by atoms with Crippen molar-refractivity contribution in [1.29, 1.82) is 0 Å². The standard InChI is InChI=1S/C16H12F3N3/c17-16(18,19)12-6-4-5-11(9-12)14-10-15(20)22(21-14)13-7-2-1-3-8-13/h1-10H,20H2. The minimum atomic E-state index is -4.39. The molecule has 0 bridgehead atoms. The maximum atomic E-state index is 12.8. The van der Waals surface area contributed by atoms with Crippen molar-refractivity contribution in [3.63, 3.8) is 0 Å². The number of nitrogens with two attached hydrogens (primary N) is 1. The summed E-state index contributed by atoms with van der Waals surface area (Å²) in [7, 11) is 0. The number of anilines is 1. The van der Waals surface area contributed by atoms with E-state index in [0.29, 0.717) is 17.1 Å². The summed E-state index contributed by atoms with van der Waals surface area (Å²) in [5.41, 5.74) is 6.72. The molecule has 112 valence electrons. The summed E-state index contributed by atoms with van der Waals surface area (Å²) in [6.07, 6.45) is -4.39. The zero-order chi connectivity index (χ0) is 15.7. The van der Waals surface area contributed by atoms with Crippen LogP contribution in [-0.2, 0) is 6.18 Å². The molecular formula is C16H12F3N3. The van der Waals surface area contributed by atoms with Crippen LogP contribution in [0.4, 0.5) is 19.0 Å².